The third kappa shape index (κ3) is 1.85. The molecule has 0 atom stereocenters. The molecule has 0 N–H and O–H groups in total. The maximum Gasteiger partial charge on any atom is 0.254 e. The van der Waals surface area contributed by atoms with Crippen LogP contribution in [-0.4, -0.2) is 20.5 Å². The summed E-state index contributed by atoms with van der Waals surface area (Å²) >= 11 is 0. The van der Waals surface area contributed by atoms with Crippen molar-refractivity contribution in [1.82, 2.24) is 14.8 Å². The van der Waals surface area contributed by atoms with Crippen LogP contribution in [0.5, 0.6) is 0 Å². The summed E-state index contributed by atoms with van der Waals surface area (Å²) in [5, 5.41) is 3.47. The maximum absolute atomic E-state index is 13.3. The highest BCUT2D eigenvalue weighted by Gasteiger charge is 2.23. The van der Waals surface area contributed by atoms with Crippen LogP contribution < -0.4 is 0 Å². The summed E-state index contributed by atoms with van der Waals surface area (Å²) in [6.07, 6.45) is 1.99. The Labute approximate surface area is 97.9 Å². The van der Waals surface area contributed by atoms with E-state index in [0.29, 0.717) is 4.68 Å². The van der Waals surface area contributed by atoms with Gasteiger partial charge in [0.2, 0.25) is 11.6 Å². The van der Waals surface area contributed by atoms with Gasteiger partial charge >= 0.3 is 0 Å². The first-order valence-corrected chi connectivity index (χ1v) is 4.67. The fourth-order valence-electron chi connectivity index (χ4n) is 1.30. The van der Waals surface area contributed by atoms with Crippen molar-refractivity contribution in [2.75, 3.05) is 0 Å². The fraction of sp³-hybridized carbons (Fsp3) is 0.100. The molecule has 0 fully saturated rings. The van der Waals surface area contributed by atoms with Gasteiger partial charge in [-0.25, -0.2) is 4.68 Å². The van der Waals surface area contributed by atoms with Gasteiger partial charge in [0, 0.05) is 6.20 Å². The quantitative estimate of drug-likeness (QED) is 0.471. The molecule has 2 aromatic heterocycles. The molecule has 0 amide bonds. The molecule has 0 saturated carbocycles. The van der Waals surface area contributed by atoms with Crippen LogP contribution in [0.2, 0.25) is 0 Å². The second-order valence-corrected chi connectivity index (χ2v) is 3.40. The van der Waals surface area contributed by atoms with Crippen LogP contribution in [0.3, 0.4) is 0 Å². The third-order valence-electron chi connectivity index (χ3n) is 2.19. The second kappa shape index (κ2) is 4.21. The molecule has 0 unspecified atom stereocenters. The predicted molar refractivity (Wildman–Crippen MR) is 51.2 cm³/mol. The van der Waals surface area contributed by atoms with Gasteiger partial charge in [-0.1, -0.05) is 0 Å². The Bertz CT molecular complexity index is 612. The van der Waals surface area contributed by atoms with E-state index in [1.54, 1.807) is 0 Å². The van der Waals surface area contributed by atoms with Crippen molar-refractivity contribution in [3.05, 3.63) is 41.5 Å². The standard InChI is InChI=1S/C10H5F4N3O/c1-4(18)5-2-15-17(3-5)8-6(11)9(13)16-10(14)7(8)12/h2-3H,1H3. The smallest absolute Gasteiger partial charge is 0.254 e. The highest BCUT2D eigenvalue weighted by Crippen LogP contribution is 2.20. The first-order chi connectivity index (χ1) is 8.41. The number of halogens is 4. The number of aromatic nitrogens is 3. The third-order valence-corrected chi connectivity index (χ3v) is 2.19. The van der Waals surface area contributed by atoms with Crippen LogP contribution in [0.4, 0.5) is 17.6 Å². The van der Waals surface area contributed by atoms with Crippen molar-refractivity contribution in [3.63, 3.8) is 0 Å². The Hall–Kier alpha value is -2.25. The van der Waals surface area contributed by atoms with Crippen LogP contribution in [0, 0.1) is 23.5 Å². The normalized spacial score (nSPS) is 10.7. The minimum atomic E-state index is -1.79. The van der Waals surface area contributed by atoms with Crippen molar-refractivity contribution >= 4 is 5.78 Å². The summed E-state index contributed by atoms with van der Waals surface area (Å²) in [6.45, 7) is 1.21. The first kappa shape index (κ1) is 12.2. The Morgan fingerprint density at radius 1 is 1.17 bits per heavy atom. The van der Waals surface area contributed by atoms with Crippen LogP contribution in [0.25, 0.3) is 5.69 Å². The van der Waals surface area contributed by atoms with Crippen LogP contribution >= 0.6 is 0 Å². The van der Waals surface area contributed by atoms with E-state index in [1.807, 2.05) is 0 Å². The molecular weight excluding hydrogens is 254 g/mol. The minimum absolute atomic E-state index is 0.0476. The number of hydrogen-bond acceptors (Lipinski definition) is 3. The van der Waals surface area contributed by atoms with E-state index in [1.165, 1.54) is 6.92 Å². The lowest BCUT2D eigenvalue weighted by atomic mass is 10.3. The molecule has 0 radical (unpaired) electrons. The van der Waals surface area contributed by atoms with Gasteiger partial charge in [0.05, 0.1) is 11.8 Å². The monoisotopic (exact) mass is 259 g/mol. The number of nitrogens with zero attached hydrogens (tertiary/aromatic N) is 3. The SMILES string of the molecule is CC(=O)c1cnn(-c2c(F)c(F)nc(F)c2F)c1. The lowest BCUT2D eigenvalue weighted by molar-refractivity contribution is 0.101. The van der Waals surface area contributed by atoms with Crippen molar-refractivity contribution in [2.45, 2.75) is 6.92 Å². The summed E-state index contributed by atoms with van der Waals surface area (Å²) in [5.41, 5.74) is -1.01. The van der Waals surface area contributed by atoms with Gasteiger partial charge in [-0.05, 0) is 6.92 Å². The zero-order valence-electron chi connectivity index (χ0n) is 8.92. The molecule has 2 rings (SSSR count). The van der Waals surface area contributed by atoms with E-state index >= 15 is 0 Å². The average molecular weight is 259 g/mol. The van der Waals surface area contributed by atoms with Crippen molar-refractivity contribution in [1.29, 1.82) is 0 Å². The highest BCUT2D eigenvalue weighted by molar-refractivity contribution is 5.93. The zero-order chi connectivity index (χ0) is 13.4. The Balaban J connectivity index is 2.66. The van der Waals surface area contributed by atoms with Gasteiger partial charge < -0.3 is 0 Å². The average Bonchev–Trinajstić information content (AvgIpc) is 2.76. The predicted octanol–water partition coefficient (Wildman–Crippen LogP) is 2.03. The first-order valence-electron chi connectivity index (χ1n) is 4.67. The van der Waals surface area contributed by atoms with Gasteiger partial charge in [0.1, 0.15) is 5.69 Å². The topological polar surface area (TPSA) is 47.8 Å². The van der Waals surface area contributed by atoms with Gasteiger partial charge in [-0.2, -0.15) is 27.6 Å². The van der Waals surface area contributed by atoms with E-state index in [2.05, 4.69) is 10.1 Å². The molecule has 8 heteroatoms. The summed E-state index contributed by atoms with van der Waals surface area (Å²) in [5.74, 6) is -7.36. The molecule has 18 heavy (non-hydrogen) atoms. The van der Waals surface area contributed by atoms with Crippen molar-refractivity contribution < 1.29 is 22.4 Å². The van der Waals surface area contributed by atoms with Crippen molar-refractivity contribution in [3.8, 4) is 5.69 Å². The summed E-state index contributed by atoms with van der Waals surface area (Å²) in [4.78, 5) is 13.4. The Kier molecular flexibility index (Phi) is 2.85. The van der Waals surface area contributed by atoms with E-state index in [-0.39, 0.29) is 5.56 Å². The number of hydrogen-bond donors (Lipinski definition) is 0. The molecule has 0 aliphatic rings. The minimum Gasteiger partial charge on any atom is -0.294 e. The van der Waals surface area contributed by atoms with Crippen LogP contribution in [0.1, 0.15) is 17.3 Å². The molecule has 0 aliphatic heterocycles. The molecule has 4 nitrogen and oxygen atoms in total. The number of rotatable bonds is 2. The number of Topliss-reactive ketones (excluding diaryl/α,β-unsaturated/α-hetero) is 1. The van der Waals surface area contributed by atoms with E-state index in [9.17, 15) is 22.4 Å². The lowest BCUT2D eigenvalue weighted by Crippen LogP contribution is -2.09. The molecule has 0 spiro atoms. The summed E-state index contributed by atoms with van der Waals surface area (Å²) in [6, 6.07) is 0. The number of carbonyl (C=O) groups is 1. The van der Waals surface area contributed by atoms with E-state index in [4.69, 9.17) is 0 Å². The van der Waals surface area contributed by atoms with E-state index < -0.39 is 35.0 Å². The number of pyridine rings is 1. The van der Waals surface area contributed by atoms with Gasteiger partial charge in [0.25, 0.3) is 11.9 Å². The van der Waals surface area contributed by atoms with Crippen molar-refractivity contribution in [2.24, 2.45) is 0 Å². The second-order valence-electron chi connectivity index (χ2n) is 3.40. The van der Waals surface area contributed by atoms with Crippen LogP contribution in [0.15, 0.2) is 12.4 Å². The highest BCUT2D eigenvalue weighted by atomic mass is 19.2. The molecule has 2 heterocycles. The molecule has 0 bridgehead atoms. The largest absolute Gasteiger partial charge is 0.294 e. The van der Waals surface area contributed by atoms with Gasteiger partial charge in [-0.3, -0.25) is 4.79 Å². The zero-order valence-corrected chi connectivity index (χ0v) is 8.92. The number of ketones is 1. The molecule has 0 aliphatic carbocycles. The van der Waals surface area contributed by atoms with Crippen LogP contribution in [-0.2, 0) is 0 Å². The molecule has 94 valence electrons. The molecular formula is C10H5F4N3O. The maximum atomic E-state index is 13.3. The van der Waals surface area contributed by atoms with Gasteiger partial charge in [-0.15, -0.1) is 0 Å². The molecule has 0 saturated heterocycles. The Morgan fingerprint density at radius 2 is 1.72 bits per heavy atom. The van der Waals surface area contributed by atoms with E-state index in [0.717, 1.165) is 12.4 Å². The number of carbonyl (C=O) groups excluding carboxylic acids is 1. The molecule has 0 aromatic carbocycles. The Morgan fingerprint density at radius 3 is 2.17 bits per heavy atom. The fourth-order valence-corrected chi connectivity index (χ4v) is 1.30. The lowest BCUT2D eigenvalue weighted by Gasteiger charge is -2.05. The summed E-state index contributed by atoms with van der Waals surface area (Å²) in [7, 11) is 0. The molecule has 2 aromatic rings. The van der Waals surface area contributed by atoms with Gasteiger partial charge in [0.15, 0.2) is 5.78 Å². The summed E-state index contributed by atoms with van der Waals surface area (Å²) < 4.78 is 53.0.